The fourth-order valence-electron chi connectivity index (χ4n) is 0.367. The highest BCUT2D eigenvalue weighted by molar-refractivity contribution is 5.82. The van der Waals surface area contributed by atoms with Gasteiger partial charge in [-0.2, -0.15) is 0 Å². The molecule has 0 saturated carbocycles. The molecule has 0 aliphatic carbocycles. The molecule has 0 saturated heterocycles. The summed E-state index contributed by atoms with van der Waals surface area (Å²) in [5.74, 6) is -0.573. The fraction of sp³-hybridized carbons (Fsp3) is 0.800. The van der Waals surface area contributed by atoms with Crippen LogP contribution in [0.15, 0.2) is 0 Å². The highest BCUT2D eigenvalue weighted by atomic mass is 16.4. The van der Waals surface area contributed by atoms with Crippen LogP contribution >= 0.6 is 0 Å². The molecule has 0 heterocycles. The molecule has 4 nitrogen and oxygen atoms in total. The Labute approximate surface area is 85.7 Å². The van der Waals surface area contributed by atoms with Gasteiger partial charge in [0.1, 0.15) is 6.54 Å². The highest BCUT2D eigenvalue weighted by Gasteiger charge is 2.06. The number of carbonyl (C=O) groups excluding carboxylic acids is 1. The van der Waals surface area contributed by atoms with E-state index in [0.717, 1.165) is 5.92 Å². The third-order valence-electron chi connectivity index (χ3n) is 0.938. The van der Waals surface area contributed by atoms with Crippen molar-refractivity contribution in [3.05, 3.63) is 0 Å². The van der Waals surface area contributed by atoms with Crippen LogP contribution in [0, 0.1) is 11.8 Å². The van der Waals surface area contributed by atoms with Gasteiger partial charge in [-0.1, -0.05) is 34.6 Å². The maximum Gasteiger partial charge on any atom is 0.322 e. The normalized spacial score (nSPS) is 9.36. The van der Waals surface area contributed by atoms with Gasteiger partial charge in [0.05, 0.1) is 0 Å². The van der Waals surface area contributed by atoms with Crippen LogP contribution in [0.25, 0.3) is 0 Å². The van der Waals surface area contributed by atoms with Gasteiger partial charge < -0.3 is 10.4 Å². The lowest BCUT2D eigenvalue weighted by atomic mass is 10.2. The van der Waals surface area contributed by atoms with Gasteiger partial charge >= 0.3 is 5.97 Å². The maximum atomic E-state index is 10.7. The molecule has 84 valence electrons. The van der Waals surface area contributed by atoms with Crippen LogP contribution in [0.3, 0.4) is 0 Å². The third kappa shape index (κ3) is 17.1. The first-order valence-electron chi connectivity index (χ1n) is 4.76. The molecule has 0 spiro atoms. The topological polar surface area (TPSA) is 66.4 Å². The lowest BCUT2D eigenvalue weighted by molar-refractivity contribution is -0.138. The molecule has 14 heavy (non-hydrogen) atoms. The Balaban J connectivity index is 0. The Morgan fingerprint density at radius 3 is 1.71 bits per heavy atom. The predicted octanol–water partition coefficient (Wildman–Crippen LogP) is 1.51. The number of amides is 1. The van der Waals surface area contributed by atoms with Crippen molar-refractivity contribution in [2.24, 2.45) is 11.8 Å². The summed E-state index contributed by atoms with van der Waals surface area (Å²) in [6, 6.07) is 0. The molecule has 4 heteroatoms. The number of carbonyl (C=O) groups is 2. The Bertz CT molecular complexity index is 173. The van der Waals surface area contributed by atoms with Gasteiger partial charge in [0, 0.05) is 5.92 Å². The number of carboxylic acids is 1. The quantitative estimate of drug-likeness (QED) is 0.730. The highest BCUT2D eigenvalue weighted by Crippen LogP contribution is 1.88. The van der Waals surface area contributed by atoms with E-state index in [9.17, 15) is 9.59 Å². The standard InChI is InChI=1S/C6H11NO3.C4H10/c1-4(2)6(10)7-3-5(8)9;1-4(2)3/h4H,3H2,1-2H3,(H,7,10)(H,8,9);4H,1-3H3. The molecule has 1 amide bonds. The van der Waals surface area contributed by atoms with Crippen molar-refractivity contribution in [3.63, 3.8) is 0 Å². The Morgan fingerprint density at radius 1 is 1.14 bits per heavy atom. The van der Waals surface area contributed by atoms with E-state index >= 15 is 0 Å². The largest absolute Gasteiger partial charge is 0.480 e. The average molecular weight is 203 g/mol. The van der Waals surface area contributed by atoms with Crippen LogP contribution in [-0.2, 0) is 9.59 Å². The van der Waals surface area contributed by atoms with E-state index in [1.807, 2.05) is 0 Å². The SMILES string of the molecule is CC(C)C.CC(C)C(=O)NCC(=O)O. The van der Waals surface area contributed by atoms with Crippen LogP contribution in [0.5, 0.6) is 0 Å². The molecule has 0 atom stereocenters. The van der Waals surface area contributed by atoms with Gasteiger partial charge in [0.2, 0.25) is 5.91 Å². The summed E-state index contributed by atoms with van der Waals surface area (Å²) in [5, 5.41) is 10.4. The molecule has 0 aliphatic heterocycles. The lowest BCUT2D eigenvalue weighted by Gasteiger charge is -2.03. The van der Waals surface area contributed by atoms with E-state index in [2.05, 4.69) is 26.1 Å². The first-order valence-corrected chi connectivity index (χ1v) is 4.76. The van der Waals surface area contributed by atoms with Crippen molar-refractivity contribution >= 4 is 11.9 Å². The number of hydrogen-bond donors (Lipinski definition) is 2. The van der Waals surface area contributed by atoms with Gasteiger partial charge in [-0.25, -0.2) is 0 Å². The monoisotopic (exact) mass is 203 g/mol. The van der Waals surface area contributed by atoms with Crippen LogP contribution in [-0.4, -0.2) is 23.5 Å². The van der Waals surface area contributed by atoms with Gasteiger partial charge in [0.15, 0.2) is 0 Å². The van der Waals surface area contributed by atoms with E-state index < -0.39 is 5.97 Å². The molecule has 0 aromatic carbocycles. The van der Waals surface area contributed by atoms with Gasteiger partial charge in [0.25, 0.3) is 0 Å². The Morgan fingerprint density at radius 2 is 1.50 bits per heavy atom. The molecule has 0 bridgehead atoms. The van der Waals surface area contributed by atoms with Crippen molar-refractivity contribution in [2.45, 2.75) is 34.6 Å². The van der Waals surface area contributed by atoms with Gasteiger partial charge in [-0.15, -0.1) is 0 Å². The Hall–Kier alpha value is -1.06. The van der Waals surface area contributed by atoms with Crippen molar-refractivity contribution in [2.75, 3.05) is 6.54 Å². The summed E-state index contributed by atoms with van der Waals surface area (Å²) in [4.78, 5) is 20.6. The fourth-order valence-corrected chi connectivity index (χ4v) is 0.367. The minimum Gasteiger partial charge on any atom is -0.480 e. The zero-order valence-electron chi connectivity index (χ0n) is 9.63. The van der Waals surface area contributed by atoms with Crippen molar-refractivity contribution in [1.29, 1.82) is 0 Å². The predicted molar refractivity (Wildman–Crippen MR) is 56.0 cm³/mol. The lowest BCUT2D eigenvalue weighted by Crippen LogP contribution is -2.32. The average Bonchev–Trinajstić information content (AvgIpc) is 1.98. The number of nitrogens with one attached hydrogen (secondary N) is 1. The van der Waals surface area contributed by atoms with Gasteiger partial charge in [-0.3, -0.25) is 9.59 Å². The van der Waals surface area contributed by atoms with Crippen LogP contribution in [0.1, 0.15) is 34.6 Å². The minimum atomic E-state index is -1.02. The molecular formula is C10H21NO3. The second kappa shape index (κ2) is 8.53. The van der Waals surface area contributed by atoms with Gasteiger partial charge in [-0.05, 0) is 5.92 Å². The van der Waals surface area contributed by atoms with Crippen LogP contribution in [0.4, 0.5) is 0 Å². The van der Waals surface area contributed by atoms with E-state index in [1.54, 1.807) is 13.8 Å². The van der Waals surface area contributed by atoms with Crippen LogP contribution < -0.4 is 5.32 Å². The van der Waals surface area contributed by atoms with E-state index in [4.69, 9.17) is 5.11 Å². The minimum absolute atomic E-state index is 0.153. The van der Waals surface area contributed by atoms with Crippen LogP contribution in [0.2, 0.25) is 0 Å². The molecule has 0 aromatic heterocycles. The van der Waals surface area contributed by atoms with E-state index in [-0.39, 0.29) is 18.4 Å². The second-order valence-electron chi connectivity index (χ2n) is 4.00. The zero-order valence-corrected chi connectivity index (χ0v) is 9.63. The first kappa shape index (κ1) is 15.4. The summed E-state index contributed by atoms with van der Waals surface area (Å²) < 4.78 is 0. The number of hydrogen-bond acceptors (Lipinski definition) is 2. The number of rotatable bonds is 3. The maximum absolute atomic E-state index is 10.7. The summed E-state index contributed by atoms with van der Waals surface area (Å²) in [5.41, 5.74) is 0. The number of carboxylic acid groups (broad SMARTS) is 1. The molecule has 0 radical (unpaired) electrons. The smallest absolute Gasteiger partial charge is 0.322 e. The summed E-state index contributed by atoms with van der Waals surface area (Å²) in [7, 11) is 0. The van der Waals surface area contributed by atoms with Crippen molar-refractivity contribution < 1.29 is 14.7 Å². The zero-order chi connectivity index (χ0) is 11.7. The van der Waals surface area contributed by atoms with E-state index in [0.29, 0.717) is 0 Å². The van der Waals surface area contributed by atoms with Crippen molar-refractivity contribution in [1.82, 2.24) is 5.32 Å². The second-order valence-corrected chi connectivity index (χ2v) is 4.00. The summed E-state index contributed by atoms with van der Waals surface area (Å²) >= 11 is 0. The van der Waals surface area contributed by atoms with Crippen molar-refractivity contribution in [3.8, 4) is 0 Å². The molecule has 0 unspecified atom stereocenters. The summed E-state index contributed by atoms with van der Waals surface area (Å²) in [6.07, 6.45) is 0. The molecule has 0 fully saturated rings. The third-order valence-corrected chi connectivity index (χ3v) is 0.938. The number of aliphatic carboxylic acids is 1. The molecular weight excluding hydrogens is 182 g/mol. The molecule has 0 aliphatic rings. The summed E-state index contributed by atoms with van der Waals surface area (Å²) in [6.45, 7) is 9.62. The molecule has 0 aromatic rings. The van der Waals surface area contributed by atoms with E-state index in [1.165, 1.54) is 0 Å². The first-order chi connectivity index (χ1) is 6.27. The molecule has 2 N–H and O–H groups in total. The Kier molecular flexibility index (Phi) is 9.40. The molecule has 0 rings (SSSR count).